The second kappa shape index (κ2) is 6.82. The third kappa shape index (κ3) is 6.89. The summed E-state index contributed by atoms with van der Waals surface area (Å²) < 4.78 is 0. The molecule has 0 fully saturated rings. The molecule has 0 saturated carbocycles. The van der Waals surface area contributed by atoms with E-state index in [1.807, 2.05) is 0 Å². The normalized spacial score (nSPS) is 11.6. The number of nitrogens with zero attached hydrogens (tertiary/aromatic N) is 1. The van der Waals surface area contributed by atoms with Crippen molar-refractivity contribution >= 4 is 5.97 Å². The fourth-order valence-corrected chi connectivity index (χ4v) is 1.29. The molecule has 3 nitrogen and oxygen atoms in total. The zero-order chi connectivity index (χ0) is 11.1. The first-order valence-corrected chi connectivity index (χ1v) is 5.39. The van der Waals surface area contributed by atoms with Gasteiger partial charge in [0.2, 0.25) is 0 Å². The topological polar surface area (TPSA) is 40.5 Å². The number of rotatable bonds is 7. The highest BCUT2D eigenvalue weighted by Crippen LogP contribution is 2.06. The highest BCUT2D eigenvalue weighted by molar-refractivity contribution is 5.66. The van der Waals surface area contributed by atoms with Gasteiger partial charge >= 0.3 is 5.97 Å². The van der Waals surface area contributed by atoms with E-state index in [2.05, 4.69) is 32.6 Å². The molecule has 0 aliphatic heterocycles. The molecular formula is C11H23NO2. The number of aliphatic carboxylic acids is 1. The Morgan fingerprint density at radius 2 is 1.79 bits per heavy atom. The monoisotopic (exact) mass is 201 g/mol. The zero-order valence-corrected chi connectivity index (χ0v) is 9.79. The van der Waals surface area contributed by atoms with Crippen molar-refractivity contribution in [1.29, 1.82) is 0 Å². The van der Waals surface area contributed by atoms with Crippen molar-refractivity contribution in [3.63, 3.8) is 0 Å². The van der Waals surface area contributed by atoms with Gasteiger partial charge in [0.1, 0.15) is 0 Å². The molecule has 0 atom stereocenters. The summed E-state index contributed by atoms with van der Waals surface area (Å²) in [4.78, 5) is 12.7. The van der Waals surface area contributed by atoms with Gasteiger partial charge in [0, 0.05) is 12.6 Å². The summed E-state index contributed by atoms with van der Waals surface area (Å²) in [6.45, 7) is 10.3. The molecule has 84 valence electrons. The summed E-state index contributed by atoms with van der Waals surface area (Å²) in [6.07, 6.45) is 1.38. The van der Waals surface area contributed by atoms with Crippen LogP contribution in [0.3, 0.4) is 0 Å². The third-order valence-electron chi connectivity index (χ3n) is 2.34. The highest BCUT2D eigenvalue weighted by atomic mass is 16.4. The lowest BCUT2D eigenvalue weighted by atomic mass is 10.1. The van der Waals surface area contributed by atoms with Crippen LogP contribution in [0.5, 0.6) is 0 Å². The first-order valence-electron chi connectivity index (χ1n) is 5.39. The van der Waals surface area contributed by atoms with Gasteiger partial charge in [0.25, 0.3) is 0 Å². The zero-order valence-electron chi connectivity index (χ0n) is 9.79. The maximum Gasteiger partial charge on any atom is 0.304 e. The average molecular weight is 201 g/mol. The van der Waals surface area contributed by atoms with Crippen molar-refractivity contribution in [3.8, 4) is 0 Å². The van der Waals surface area contributed by atoms with Crippen molar-refractivity contribution < 1.29 is 9.90 Å². The Morgan fingerprint density at radius 3 is 2.14 bits per heavy atom. The second-order valence-electron chi connectivity index (χ2n) is 4.46. The Hall–Kier alpha value is -0.570. The lowest BCUT2D eigenvalue weighted by Crippen LogP contribution is -2.34. The molecule has 0 amide bonds. The molecular weight excluding hydrogens is 178 g/mol. The number of carboxylic acids is 1. The predicted molar refractivity (Wildman–Crippen MR) is 58.4 cm³/mol. The minimum absolute atomic E-state index is 0.246. The van der Waals surface area contributed by atoms with E-state index in [1.165, 1.54) is 0 Å². The largest absolute Gasteiger partial charge is 0.481 e. The molecule has 0 saturated heterocycles. The van der Waals surface area contributed by atoms with Crippen LogP contribution in [0.1, 0.15) is 40.5 Å². The summed E-state index contributed by atoms with van der Waals surface area (Å²) >= 11 is 0. The highest BCUT2D eigenvalue weighted by Gasteiger charge is 2.11. The van der Waals surface area contributed by atoms with Crippen molar-refractivity contribution in [1.82, 2.24) is 4.90 Å². The summed E-state index contributed by atoms with van der Waals surface area (Å²) in [6, 6.07) is 0.438. The van der Waals surface area contributed by atoms with Gasteiger partial charge in [0.05, 0.1) is 6.42 Å². The van der Waals surface area contributed by atoms with Crippen molar-refractivity contribution in [2.24, 2.45) is 5.92 Å². The first kappa shape index (κ1) is 13.4. The summed E-state index contributed by atoms with van der Waals surface area (Å²) in [7, 11) is 0. The first-order chi connectivity index (χ1) is 6.43. The van der Waals surface area contributed by atoms with E-state index in [1.54, 1.807) is 0 Å². The number of carbonyl (C=O) groups is 1. The molecule has 0 unspecified atom stereocenters. The van der Waals surface area contributed by atoms with E-state index < -0.39 is 5.97 Å². The SMILES string of the molecule is CC(C)CCN(CCC(=O)O)C(C)C. The van der Waals surface area contributed by atoms with Gasteiger partial charge < -0.3 is 10.0 Å². The summed E-state index contributed by atoms with van der Waals surface area (Å²) in [5.74, 6) is -0.0266. The van der Waals surface area contributed by atoms with Gasteiger partial charge in [-0.3, -0.25) is 4.79 Å². The van der Waals surface area contributed by atoms with Gasteiger partial charge in [-0.1, -0.05) is 13.8 Å². The fraction of sp³-hybridized carbons (Fsp3) is 0.909. The van der Waals surface area contributed by atoms with Crippen molar-refractivity contribution in [2.75, 3.05) is 13.1 Å². The Bertz CT molecular complexity index is 167. The van der Waals surface area contributed by atoms with Crippen LogP contribution >= 0.6 is 0 Å². The van der Waals surface area contributed by atoms with E-state index in [9.17, 15) is 4.79 Å². The van der Waals surface area contributed by atoms with E-state index >= 15 is 0 Å². The molecule has 3 heteroatoms. The van der Waals surface area contributed by atoms with Gasteiger partial charge in [-0.2, -0.15) is 0 Å². The van der Waals surface area contributed by atoms with E-state index in [4.69, 9.17) is 5.11 Å². The van der Waals surface area contributed by atoms with E-state index in [-0.39, 0.29) is 6.42 Å². The van der Waals surface area contributed by atoms with Crippen LogP contribution in [0.25, 0.3) is 0 Å². The summed E-state index contributed by atoms with van der Waals surface area (Å²) in [5, 5.41) is 8.59. The molecule has 14 heavy (non-hydrogen) atoms. The molecule has 0 aliphatic rings. The van der Waals surface area contributed by atoms with Crippen LogP contribution in [0, 0.1) is 5.92 Å². The van der Waals surface area contributed by atoms with Crippen molar-refractivity contribution in [3.05, 3.63) is 0 Å². The third-order valence-corrected chi connectivity index (χ3v) is 2.34. The quantitative estimate of drug-likeness (QED) is 0.686. The average Bonchev–Trinajstić information content (AvgIpc) is 2.02. The van der Waals surface area contributed by atoms with E-state index in [0.717, 1.165) is 13.0 Å². The molecule has 1 N–H and O–H groups in total. The lowest BCUT2D eigenvalue weighted by molar-refractivity contribution is -0.137. The van der Waals surface area contributed by atoms with E-state index in [0.29, 0.717) is 18.5 Å². The van der Waals surface area contributed by atoms with Crippen LogP contribution in [0.2, 0.25) is 0 Å². The molecule has 0 aliphatic carbocycles. The Kier molecular flexibility index (Phi) is 6.54. The molecule has 0 aromatic rings. The van der Waals surface area contributed by atoms with Crippen LogP contribution in [-0.2, 0) is 4.79 Å². The van der Waals surface area contributed by atoms with Gasteiger partial charge in [-0.05, 0) is 32.7 Å². The lowest BCUT2D eigenvalue weighted by Gasteiger charge is -2.26. The van der Waals surface area contributed by atoms with Gasteiger partial charge in [0.15, 0.2) is 0 Å². The van der Waals surface area contributed by atoms with Crippen molar-refractivity contribution in [2.45, 2.75) is 46.6 Å². The summed E-state index contributed by atoms with van der Waals surface area (Å²) in [5.41, 5.74) is 0. The van der Waals surface area contributed by atoms with Crippen LogP contribution in [0.4, 0.5) is 0 Å². The fourth-order valence-electron chi connectivity index (χ4n) is 1.29. The minimum Gasteiger partial charge on any atom is -0.481 e. The second-order valence-corrected chi connectivity index (χ2v) is 4.46. The maximum absolute atomic E-state index is 10.4. The molecule has 0 spiro atoms. The molecule has 0 heterocycles. The predicted octanol–water partition coefficient (Wildman–Crippen LogP) is 2.22. The Balaban J connectivity index is 3.84. The van der Waals surface area contributed by atoms with Crippen LogP contribution < -0.4 is 0 Å². The molecule has 0 rings (SSSR count). The standard InChI is InChI=1S/C11H23NO2/c1-9(2)5-7-12(10(3)4)8-6-11(13)14/h9-10H,5-8H2,1-4H3,(H,13,14). The number of hydrogen-bond acceptors (Lipinski definition) is 2. The van der Waals surface area contributed by atoms with Crippen LogP contribution in [-0.4, -0.2) is 35.1 Å². The smallest absolute Gasteiger partial charge is 0.304 e. The molecule has 0 aromatic carbocycles. The Labute approximate surface area is 87.1 Å². The molecule has 0 bridgehead atoms. The van der Waals surface area contributed by atoms with Gasteiger partial charge in [-0.15, -0.1) is 0 Å². The number of hydrogen-bond donors (Lipinski definition) is 1. The minimum atomic E-state index is -0.708. The number of carboxylic acid groups (broad SMARTS) is 1. The van der Waals surface area contributed by atoms with Gasteiger partial charge in [-0.25, -0.2) is 0 Å². The molecule has 0 aromatic heterocycles. The Morgan fingerprint density at radius 1 is 1.21 bits per heavy atom. The maximum atomic E-state index is 10.4. The molecule has 0 radical (unpaired) electrons. The van der Waals surface area contributed by atoms with Crippen LogP contribution in [0.15, 0.2) is 0 Å².